The number of carbonyl (C=O) groups is 1. The van der Waals surface area contributed by atoms with E-state index in [9.17, 15) is 4.79 Å². The lowest BCUT2D eigenvalue weighted by atomic mass is 10.0. The standard InChI is InChI=1S/C15H20N4O2/c1-8-4-11(10(3)21-8)9(2)19-15(20)13-5-12-14(6-16-13)18-7-17-12/h4,7,9,13,16H,5-6H2,1-3H3,(H,17,18)(H,19,20). The fourth-order valence-electron chi connectivity index (χ4n) is 2.83. The lowest BCUT2D eigenvalue weighted by Gasteiger charge is -2.24. The second-order valence-electron chi connectivity index (χ2n) is 5.56. The van der Waals surface area contributed by atoms with Gasteiger partial charge in [0.05, 0.1) is 29.8 Å². The smallest absolute Gasteiger partial charge is 0.238 e. The van der Waals surface area contributed by atoms with E-state index in [4.69, 9.17) is 4.42 Å². The minimum Gasteiger partial charge on any atom is -0.466 e. The summed E-state index contributed by atoms with van der Waals surface area (Å²) in [5.41, 5.74) is 3.06. The molecule has 0 aromatic carbocycles. The number of nitrogens with one attached hydrogen (secondary N) is 3. The maximum absolute atomic E-state index is 12.4. The molecule has 2 atom stereocenters. The largest absolute Gasteiger partial charge is 0.466 e. The Balaban J connectivity index is 1.66. The number of carbonyl (C=O) groups excluding carboxylic acids is 1. The van der Waals surface area contributed by atoms with Crippen molar-refractivity contribution in [2.75, 3.05) is 0 Å². The zero-order valence-electron chi connectivity index (χ0n) is 12.5. The van der Waals surface area contributed by atoms with E-state index in [0.29, 0.717) is 13.0 Å². The summed E-state index contributed by atoms with van der Waals surface area (Å²) in [6.45, 7) is 6.44. The van der Waals surface area contributed by atoms with Crippen LogP contribution in [0.4, 0.5) is 0 Å². The normalized spacial score (nSPS) is 19.1. The van der Waals surface area contributed by atoms with Crippen LogP contribution < -0.4 is 10.6 Å². The Labute approximate surface area is 123 Å². The molecule has 0 spiro atoms. The number of aromatic amines is 1. The molecule has 0 saturated heterocycles. The number of rotatable bonds is 3. The number of nitrogens with zero attached hydrogens (tertiary/aromatic N) is 1. The van der Waals surface area contributed by atoms with Crippen LogP contribution in [0, 0.1) is 13.8 Å². The Kier molecular flexibility index (Phi) is 3.55. The fourth-order valence-corrected chi connectivity index (χ4v) is 2.83. The minimum atomic E-state index is -0.239. The molecule has 21 heavy (non-hydrogen) atoms. The number of aromatic nitrogens is 2. The zero-order valence-corrected chi connectivity index (χ0v) is 12.5. The van der Waals surface area contributed by atoms with Gasteiger partial charge in [0.1, 0.15) is 11.5 Å². The molecule has 0 aliphatic carbocycles. The predicted octanol–water partition coefficient (Wildman–Crippen LogP) is 1.51. The SMILES string of the molecule is Cc1cc(C(C)NC(=O)C2Cc3nc[nH]c3CN2)c(C)o1. The molecule has 2 unspecified atom stereocenters. The maximum Gasteiger partial charge on any atom is 0.238 e. The molecular formula is C15H20N4O2. The van der Waals surface area contributed by atoms with Crippen molar-refractivity contribution in [3.8, 4) is 0 Å². The first-order valence-corrected chi connectivity index (χ1v) is 7.16. The molecule has 3 rings (SSSR count). The number of hydrogen-bond acceptors (Lipinski definition) is 4. The van der Waals surface area contributed by atoms with E-state index in [1.165, 1.54) is 0 Å². The number of aryl methyl sites for hydroxylation is 2. The quantitative estimate of drug-likeness (QED) is 0.799. The molecule has 2 aromatic heterocycles. The van der Waals surface area contributed by atoms with Crippen molar-refractivity contribution < 1.29 is 9.21 Å². The summed E-state index contributed by atoms with van der Waals surface area (Å²) in [4.78, 5) is 19.7. The van der Waals surface area contributed by atoms with Gasteiger partial charge in [-0.3, -0.25) is 10.1 Å². The molecule has 1 aliphatic heterocycles. The van der Waals surface area contributed by atoms with E-state index in [1.54, 1.807) is 6.33 Å². The van der Waals surface area contributed by atoms with Crippen LogP contribution in [0.25, 0.3) is 0 Å². The van der Waals surface area contributed by atoms with Crippen molar-refractivity contribution >= 4 is 5.91 Å². The number of fused-ring (bicyclic) bond motifs is 1. The van der Waals surface area contributed by atoms with Gasteiger partial charge in [-0.15, -0.1) is 0 Å². The van der Waals surface area contributed by atoms with Gasteiger partial charge in [0, 0.05) is 18.5 Å². The van der Waals surface area contributed by atoms with Crippen molar-refractivity contribution in [2.45, 2.75) is 45.8 Å². The maximum atomic E-state index is 12.4. The van der Waals surface area contributed by atoms with Gasteiger partial charge in [-0.25, -0.2) is 4.98 Å². The number of H-pyrrole nitrogens is 1. The van der Waals surface area contributed by atoms with Crippen LogP contribution in [-0.4, -0.2) is 21.9 Å². The van der Waals surface area contributed by atoms with Crippen LogP contribution in [0.5, 0.6) is 0 Å². The van der Waals surface area contributed by atoms with Crippen molar-refractivity contribution in [1.82, 2.24) is 20.6 Å². The van der Waals surface area contributed by atoms with Crippen LogP contribution in [0.2, 0.25) is 0 Å². The summed E-state index contributed by atoms with van der Waals surface area (Å²) in [7, 11) is 0. The highest BCUT2D eigenvalue weighted by molar-refractivity contribution is 5.82. The molecule has 2 aromatic rings. The Morgan fingerprint density at radius 3 is 3.05 bits per heavy atom. The third kappa shape index (κ3) is 2.71. The zero-order chi connectivity index (χ0) is 15.0. The average Bonchev–Trinajstić information content (AvgIpc) is 3.03. The third-order valence-electron chi connectivity index (χ3n) is 3.95. The second-order valence-corrected chi connectivity index (χ2v) is 5.56. The Bertz CT molecular complexity index is 658. The van der Waals surface area contributed by atoms with Crippen molar-refractivity contribution in [3.63, 3.8) is 0 Å². The molecule has 0 radical (unpaired) electrons. The Morgan fingerprint density at radius 1 is 1.52 bits per heavy atom. The fraction of sp³-hybridized carbons (Fsp3) is 0.467. The molecule has 112 valence electrons. The number of imidazole rings is 1. The predicted molar refractivity (Wildman–Crippen MR) is 77.7 cm³/mol. The highest BCUT2D eigenvalue weighted by Gasteiger charge is 2.27. The topological polar surface area (TPSA) is 83.0 Å². The molecule has 0 fully saturated rings. The van der Waals surface area contributed by atoms with Crippen molar-refractivity contribution in [1.29, 1.82) is 0 Å². The number of furan rings is 1. The van der Waals surface area contributed by atoms with E-state index in [0.717, 1.165) is 28.5 Å². The summed E-state index contributed by atoms with van der Waals surface area (Å²) in [6, 6.07) is 1.66. The first-order valence-electron chi connectivity index (χ1n) is 7.16. The summed E-state index contributed by atoms with van der Waals surface area (Å²) in [5, 5.41) is 6.27. The van der Waals surface area contributed by atoms with Gasteiger partial charge in [0.25, 0.3) is 0 Å². The second kappa shape index (κ2) is 5.37. The lowest BCUT2D eigenvalue weighted by molar-refractivity contribution is -0.124. The first-order chi connectivity index (χ1) is 10.0. The summed E-state index contributed by atoms with van der Waals surface area (Å²) in [6.07, 6.45) is 2.29. The van der Waals surface area contributed by atoms with Gasteiger partial charge in [0.15, 0.2) is 0 Å². The van der Waals surface area contributed by atoms with E-state index >= 15 is 0 Å². The number of hydrogen-bond donors (Lipinski definition) is 3. The first kappa shape index (κ1) is 13.9. The summed E-state index contributed by atoms with van der Waals surface area (Å²) in [5.74, 6) is 1.71. The molecular weight excluding hydrogens is 268 g/mol. The van der Waals surface area contributed by atoms with Gasteiger partial charge in [-0.2, -0.15) is 0 Å². The van der Waals surface area contributed by atoms with Crippen LogP contribution in [0.1, 0.15) is 41.4 Å². The molecule has 1 aliphatic rings. The van der Waals surface area contributed by atoms with Gasteiger partial charge >= 0.3 is 0 Å². The summed E-state index contributed by atoms with van der Waals surface area (Å²) < 4.78 is 5.52. The minimum absolute atomic E-state index is 0.00518. The van der Waals surface area contributed by atoms with Gasteiger partial charge in [0.2, 0.25) is 5.91 Å². The van der Waals surface area contributed by atoms with Crippen LogP contribution in [-0.2, 0) is 17.8 Å². The lowest BCUT2D eigenvalue weighted by Crippen LogP contribution is -2.48. The van der Waals surface area contributed by atoms with Gasteiger partial charge in [-0.1, -0.05) is 0 Å². The molecule has 6 nitrogen and oxygen atoms in total. The highest BCUT2D eigenvalue weighted by Crippen LogP contribution is 2.21. The van der Waals surface area contributed by atoms with Gasteiger partial charge in [-0.05, 0) is 26.8 Å². The van der Waals surface area contributed by atoms with Crippen LogP contribution >= 0.6 is 0 Å². The molecule has 0 bridgehead atoms. The van der Waals surface area contributed by atoms with Crippen LogP contribution in [0.15, 0.2) is 16.8 Å². The van der Waals surface area contributed by atoms with Crippen LogP contribution in [0.3, 0.4) is 0 Å². The monoisotopic (exact) mass is 288 g/mol. The third-order valence-corrected chi connectivity index (χ3v) is 3.95. The molecule has 6 heteroatoms. The van der Waals surface area contributed by atoms with Gasteiger partial charge < -0.3 is 14.7 Å². The van der Waals surface area contributed by atoms with Crippen molar-refractivity contribution in [3.05, 3.63) is 40.9 Å². The number of amides is 1. The van der Waals surface area contributed by atoms with E-state index < -0.39 is 0 Å². The highest BCUT2D eigenvalue weighted by atomic mass is 16.3. The van der Waals surface area contributed by atoms with E-state index in [2.05, 4.69) is 20.6 Å². The molecule has 3 heterocycles. The molecule has 1 amide bonds. The Morgan fingerprint density at radius 2 is 2.33 bits per heavy atom. The van der Waals surface area contributed by atoms with Crippen molar-refractivity contribution in [2.24, 2.45) is 0 Å². The average molecular weight is 288 g/mol. The Hall–Kier alpha value is -2.08. The summed E-state index contributed by atoms with van der Waals surface area (Å²) >= 11 is 0. The molecule has 3 N–H and O–H groups in total. The molecule has 0 saturated carbocycles. The van der Waals surface area contributed by atoms with E-state index in [1.807, 2.05) is 26.8 Å². The van der Waals surface area contributed by atoms with E-state index in [-0.39, 0.29) is 18.0 Å².